The number of thioether (sulfide) groups is 2. The molecular formula is C14H15BrO2S2. The molecule has 0 bridgehead atoms. The van der Waals surface area contributed by atoms with Gasteiger partial charge in [-0.3, -0.25) is 4.79 Å². The van der Waals surface area contributed by atoms with Gasteiger partial charge >= 0.3 is 0 Å². The zero-order chi connectivity index (χ0) is 13.2. The Labute approximate surface area is 130 Å². The van der Waals surface area contributed by atoms with E-state index < -0.39 is 0 Å². The number of fused-ring (bicyclic) bond motifs is 1. The van der Waals surface area contributed by atoms with Crippen molar-refractivity contribution in [1.29, 1.82) is 0 Å². The zero-order valence-electron chi connectivity index (χ0n) is 10.5. The van der Waals surface area contributed by atoms with E-state index in [9.17, 15) is 4.79 Å². The maximum Gasteiger partial charge on any atom is 0.151 e. The molecule has 1 saturated heterocycles. The summed E-state index contributed by atoms with van der Waals surface area (Å²) < 4.78 is 6.73. The lowest BCUT2D eigenvalue weighted by molar-refractivity contribution is -0.117. The maximum atomic E-state index is 12.4. The van der Waals surface area contributed by atoms with Gasteiger partial charge in [0, 0.05) is 40.1 Å². The third kappa shape index (κ3) is 3.14. The van der Waals surface area contributed by atoms with Gasteiger partial charge in [0.25, 0.3) is 0 Å². The topological polar surface area (TPSA) is 26.3 Å². The van der Waals surface area contributed by atoms with Crippen LogP contribution in [0.3, 0.4) is 0 Å². The highest BCUT2D eigenvalue weighted by atomic mass is 79.9. The third-order valence-corrected chi connectivity index (χ3v) is 6.63. The van der Waals surface area contributed by atoms with Crippen LogP contribution in [0.4, 0.5) is 0 Å². The summed E-state index contributed by atoms with van der Waals surface area (Å²) in [6, 6.07) is 4.13. The fraction of sp³-hybridized carbons (Fsp3) is 0.500. The summed E-state index contributed by atoms with van der Waals surface area (Å²) >= 11 is 7.22. The van der Waals surface area contributed by atoms with E-state index in [1.54, 1.807) is 11.8 Å². The highest BCUT2D eigenvalue weighted by molar-refractivity contribution is 9.10. The first kappa shape index (κ1) is 13.8. The van der Waals surface area contributed by atoms with Gasteiger partial charge in [0.15, 0.2) is 5.78 Å². The van der Waals surface area contributed by atoms with E-state index in [2.05, 4.69) is 22.0 Å². The second-order valence-corrected chi connectivity index (χ2v) is 8.11. The number of ether oxygens (including phenoxy) is 1. The monoisotopic (exact) mass is 358 g/mol. The van der Waals surface area contributed by atoms with Crippen LogP contribution in [0.1, 0.15) is 11.1 Å². The minimum absolute atomic E-state index is 0.162. The smallest absolute Gasteiger partial charge is 0.151 e. The van der Waals surface area contributed by atoms with Crippen LogP contribution in [0.5, 0.6) is 5.75 Å². The lowest BCUT2D eigenvalue weighted by Gasteiger charge is -2.20. The van der Waals surface area contributed by atoms with Crippen LogP contribution in [-0.2, 0) is 17.6 Å². The molecule has 0 aromatic heterocycles. The molecule has 2 aliphatic rings. The molecule has 0 spiro atoms. The number of halogens is 1. The van der Waals surface area contributed by atoms with Crippen molar-refractivity contribution in [3.8, 4) is 5.75 Å². The maximum absolute atomic E-state index is 12.4. The summed E-state index contributed by atoms with van der Waals surface area (Å²) in [6.45, 7) is 0.737. The Morgan fingerprint density at radius 2 is 2.32 bits per heavy atom. The van der Waals surface area contributed by atoms with Crippen LogP contribution in [0.15, 0.2) is 16.6 Å². The highest BCUT2D eigenvalue weighted by Crippen LogP contribution is 2.34. The molecule has 0 amide bonds. The number of carbonyl (C=O) groups excluding carboxylic acids is 1. The second kappa shape index (κ2) is 6.10. The van der Waals surface area contributed by atoms with E-state index in [1.807, 2.05) is 17.8 Å². The number of rotatable bonds is 3. The van der Waals surface area contributed by atoms with E-state index in [1.165, 1.54) is 11.3 Å². The number of Topliss-reactive ketones (excluding diaryl/α,β-unsaturated/α-hetero) is 1. The van der Waals surface area contributed by atoms with Gasteiger partial charge < -0.3 is 4.74 Å². The molecule has 1 aromatic carbocycles. The molecule has 2 heterocycles. The van der Waals surface area contributed by atoms with E-state index in [4.69, 9.17) is 4.74 Å². The van der Waals surface area contributed by atoms with Crippen molar-refractivity contribution in [2.24, 2.45) is 0 Å². The quantitative estimate of drug-likeness (QED) is 0.827. The largest absolute Gasteiger partial charge is 0.493 e. The summed E-state index contributed by atoms with van der Waals surface area (Å²) in [5, 5.41) is 0.162. The normalized spacial score (nSPS) is 21.8. The first-order valence-electron chi connectivity index (χ1n) is 6.40. The summed E-state index contributed by atoms with van der Waals surface area (Å²) in [4.78, 5) is 12.4. The standard InChI is InChI=1S/C14H15BrO2S2/c15-11-5-9-1-2-17-14(9)10(6-11)7-12(16)13-8-18-3-4-19-13/h5-6,13H,1-4,7-8H2. The predicted octanol–water partition coefficient (Wildman–Crippen LogP) is 3.34. The SMILES string of the molecule is O=C(Cc1cc(Br)cc2c1OCC2)C1CSCCS1. The van der Waals surface area contributed by atoms with Crippen molar-refractivity contribution >= 4 is 45.2 Å². The van der Waals surface area contributed by atoms with E-state index in [0.717, 1.165) is 40.3 Å². The number of benzene rings is 1. The molecule has 5 heteroatoms. The molecule has 102 valence electrons. The van der Waals surface area contributed by atoms with Crippen molar-refractivity contribution in [3.05, 3.63) is 27.7 Å². The summed E-state index contributed by atoms with van der Waals surface area (Å²) in [7, 11) is 0. The Kier molecular flexibility index (Phi) is 4.44. The Hall–Kier alpha value is -0.130. The Morgan fingerprint density at radius 1 is 1.42 bits per heavy atom. The fourth-order valence-corrected chi connectivity index (χ4v) is 5.66. The van der Waals surface area contributed by atoms with Crippen LogP contribution < -0.4 is 4.74 Å². The van der Waals surface area contributed by atoms with Gasteiger partial charge in [-0.05, 0) is 17.7 Å². The van der Waals surface area contributed by atoms with Crippen molar-refractivity contribution in [1.82, 2.24) is 0 Å². The van der Waals surface area contributed by atoms with Crippen molar-refractivity contribution in [2.75, 3.05) is 23.9 Å². The molecular weight excluding hydrogens is 344 g/mol. The van der Waals surface area contributed by atoms with Gasteiger partial charge in [0.2, 0.25) is 0 Å². The lowest BCUT2D eigenvalue weighted by atomic mass is 10.0. The summed E-state index contributed by atoms with van der Waals surface area (Å²) in [5.74, 6) is 4.51. The first-order chi connectivity index (χ1) is 9.24. The zero-order valence-corrected chi connectivity index (χ0v) is 13.7. The van der Waals surface area contributed by atoms with E-state index in [-0.39, 0.29) is 5.25 Å². The minimum atomic E-state index is 0.162. The van der Waals surface area contributed by atoms with Crippen LogP contribution in [0.2, 0.25) is 0 Å². The van der Waals surface area contributed by atoms with Gasteiger partial charge in [0.1, 0.15) is 5.75 Å². The second-order valence-electron chi connectivity index (χ2n) is 4.73. The average molecular weight is 359 g/mol. The predicted molar refractivity (Wildman–Crippen MR) is 85.6 cm³/mol. The Bertz CT molecular complexity index is 498. The molecule has 2 aliphatic heterocycles. The van der Waals surface area contributed by atoms with Crippen molar-refractivity contribution in [2.45, 2.75) is 18.1 Å². The van der Waals surface area contributed by atoms with Crippen LogP contribution in [0, 0.1) is 0 Å². The Morgan fingerprint density at radius 3 is 3.11 bits per heavy atom. The van der Waals surface area contributed by atoms with E-state index >= 15 is 0 Å². The van der Waals surface area contributed by atoms with Crippen molar-refractivity contribution in [3.63, 3.8) is 0 Å². The van der Waals surface area contributed by atoms with Crippen LogP contribution in [-0.4, -0.2) is 34.9 Å². The molecule has 1 unspecified atom stereocenters. The highest BCUT2D eigenvalue weighted by Gasteiger charge is 2.25. The molecule has 0 N–H and O–H groups in total. The van der Waals surface area contributed by atoms with Crippen LogP contribution in [0.25, 0.3) is 0 Å². The molecule has 0 radical (unpaired) electrons. The number of ketones is 1. The number of carbonyl (C=O) groups is 1. The molecule has 2 nitrogen and oxygen atoms in total. The average Bonchev–Trinajstić information content (AvgIpc) is 2.88. The van der Waals surface area contributed by atoms with Gasteiger partial charge in [-0.2, -0.15) is 11.8 Å². The molecule has 1 atom stereocenters. The summed E-state index contributed by atoms with van der Waals surface area (Å²) in [5.41, 5.74) is 2.27. The molecule has 1 aromatic rings. The molecule has 3 rings (SSSR count). The number of hydrogen-bond donors (Lipinski definition) is 0. The fourth-order valence-electron chi connectivity index (χ4n) is 2.45. The van der Waals surface area contributed by atoms with E-state index in [0.29, 0.717) is 12.2 Å². The Balaban J connectivity index is 1.77. The molecule has 19 heavy (non-hydrogen) atoms. The lowest BCUT2D eigenvalue weighted by Crippen LogP contribution is -2.25. The summed E-state index contributed by atoms with van der Waals surface area (Å²) in [6.07, 6.45) is 1.45. The molecule has 0 saturated carbocycles. The van der Waals surface area contributed by atoms with Gasteiger partial charge in [-0.25, -0.2) is 0 Å². The van der Waals surface area contributed by atoms with Crippen molar-refractivity contribution < 1.29 is 9.53 Å². The number of hydrogen-bond acceptors (Lipinski definition) is 4. The third-order valence-electron chi connectivity index (χ3n) is 3.37. The van der Waals surface area contributed by atoms with Gasteiger partial charge in [-0.15, -0.1) is 11.8 Å². The van der Waals surface area contributed by atoms with Gasteiger partial charge in [0.05, 0.1) is 11.9 Å². The van der Waals surface area contributed by atoms with Crippen LogP contribution >= 0.6 is 39.5 Å². The molecule has 0 aliphatic carbocycles. The minimum Gasteiger partial charge on any atom is -0.493 e. The first-order valence-corrected chi connectivity index (χ1v) is 9.40. The van der Waals surface area contributed by atoms with Gasteiger partial charge in [-0.1, -0.05) is 15.9 Å². The molecule has 1 fully saturated rings.